The molecule has 3 atom stereocenters. The van der Waals surface area contributed by atoms with E-state index in [1.165, 1.54) is 0 Å². The number of hydrogen-bond acceptors (Lipinski definition) is 3. The van der Waals surface area contributed by atoms with E-state index in [1.807, 2.05) is 7.05 Å². The van der Waals surface area contributed by atoms with Gasteiger partial charge in [0, 0.05) is 12.1 Å². The highest BCUT2D eigenvalue weighted by molar-refractivity contribution is 5.85. The molecule has 0 saturated heterocycles. The Morgan fingerprint density at radius 3 is 2.39 bits per heavy atom. The van der Waals surface area contributed by atoms with Crippen molar-refractivity contribution in [1.82, 2.24) is 10.2 Å². The van der Waals surface area contributed by atoms with Crippen LogP contribution in [0.15, 0.2) is 0 Å². The Bertz CT molecular complexity index is 311. The van der Waals surface area contributed by atoms with E-state index >= 15 is 0 Å². The number of nitrogens with two attached hydrogens (primary N) is 1. The molecule has 0 radical (unpaired) electrons. The topological polar surface area (TPSA) is 58.4 Å². The van der Waals surface area contributed by atoms with Crippen LogP contribution in [-0.2, 0) is 4.79 Å². The molecule has 4 heteroatoms. The van der Waals surface area contributed by atoms with Crippen LogP contribution < -0.4 is 11.1 Å². The molecule has 18 heavy (non-hydrogen) atoms. The highest BCUT2D eigenvalue weighted by Gasteiger charge is 2.45. The van der Waals surface area contributed by atoms with Crippen LogP contribution >= 0.6 is 0 Å². The number of hydrogen-bond donors (Lipinski definition) is 2. The first kappa shape index (κ1) is 15.4. The van der Waals surface area contributed by atoms with Gasteiger partial charge in [-0.15, -0.1) is 0 Å². The van der Waals surface area contributed by atoms with Crippen molar-refractivity contribution < 1.29 is 4.79 Å². The summed E-state index contributed by atoms with van der Waals surface area (Å²) in [5, 5.41) is 3.14. The number of nitrogens with one attached hydrogen (secondary N) is 1. The van der Waals surface area contributed by atoms with Gasteiger partial charge in [-0.2, -0.15) is 0 Å². The molecule has 0 bridgehead atoms. The van der Waals surface area contributed by atoms with Gasteiger partial charge in [0.2, 0.25) is 5.91 Å². The average molecular weight is 255 g/mol. The summed E-state index contributed by atoms with van der Waals surface area (Å²) in [6.45, 7) is 9.01. The van der Waals surface area contributed by atoms with Crippen molar-refractivity contribution in [3.05, 3.63) is 0 Å². The van der Waals surface area contributed by atoms with Crippen molar-refractivity contribution in [3.8, 4) is 0 Å². The summed E-state index contributed by atoms with van der Waals surface area (Å²) in [4.78, 5) is 14.0. The van der Waals surface area contributed by atoms with Crippen LogP contribution in [0, 0.1) is 5.41 Å². The van der Waals surface area contributed by atoms with E-state index in [2.05, 4.69) is 45.0 Å². The molecule has 0 aromatic carbocycles. The number of carbonyl (C=O) groups excluding carboxylic acids is 1. The molecule has 0 aromatic rings. The van der Waals surface area contributed by atoms with E-state index in [-0.39, 0.29) is 11.3 Å². The summed E-state index contributed by atoms with van der Waals surface area (Å²) >= 11 is 0. The third kappa shape index (κ3) is 2.86. The normalized spacial score (nSPS) is 30.7. The summed E-state index contributed by atoms with van der Waals surface area (Å²) in [7, 11) is 3.99. The van der Waals surface area contributed by atoms with Gasteiger partial charge in [0.25, 0.3) is 0 Å². The lowest BCUT2D eigenvalue weighted by Crippen LogP contribution is -2.53. The Kier molecular flexibility index (Phi) is 4.44. The lowest BCUT2D eigenvalue weighted by atomic mass is 9.86. The number of primary amides is 1. The van der Waals surface area contributed by atoms with Crippen molar-refractivity contribution in [2.45, 2.75) is 64.6 Å². The van der Waals surface area contributed by atoms with Gasteiger partial charge < -0.3 is 16.0 Å². The van der Waals surface area contributed by atoms with Crippen molar-refractivity contribution in [2.24, 2.45) is 11.1 Å². The number of rotatable bonds is 4. The van der Waals surface area contributed by atoms with Gasteiger partial charge in [-0.05, 0) is 45.7 Å². The van der Waals surface area contributed by atoms with E-state index in [0.29, 0.717) is 12.1 Å². The van der Waals surface area contributed by atoms with Gasteiger partial charge in [-0.25, -0.2) is 0 Å². The fourth-order valence-corrected chi connectivity index (χ4v) is 2.87. The molecule has 3 N–H and O–H groups in total. The highest BCUT2D eigenvalue weighted by Crippen LogP contribution is 2.35. The van der Waals surface area contributed by atoms with E-state index in [0.717, 1.165) is 19.3 Å². The van der Waals surface area contributed by atoms with Gasteiger partial charge in [0.1, 0.15) is 0 Å². The van der Waals surface area contributed by atoms with Crippen molar-refractivity contribution in [2.75, 3.05) is 14.1 Å². The predicted molar refractivity (Wildman–Crippen MR) is 75.3 cm³/mol. The molecule has 4 nitrogen and oxygen atoms in total. The van der Waals surface area contributed by atoms with Gasteiger partial charge >= 0.3 is 0 Å². The minimum absolute atomic E-state index is 0.218. The summed E-state index contributed by atoms with van der Waals surface area (Å²) in [6, 6.07) is 0.905. The minimum atomic E-state index is -0.503. The predicted octanol–water partition coefficient (Wildman–Crippen LogP) is 1.35. The number of likely N-dealkylation sites (N-methyl/N-ethyl adjacent to an activating group) is 1. The zero-order chi connectivity index (χ0) is 14.1. The molecule has 0 heterocycles. The Morgan fingerprint density at radius 1 is 1.50 bits per heavy atom. The highest BCUT2D eigenvalue weighted by atomic mass is 16.1. The smallest absolute Gasteiger partial charge is 0.237 e. The molecule has 1 fully saturated rings. The van der Waals surface area contributed by atoms with Crippen LogP contribution in [0.1, 0.15) is 47.0 Å². The maximum atomic E-state index is 11.6. The maximum absolute atomic E-state index is 11.6. The van der Waals surface area contributed by atoms with Crippen LogP contribution in [0.25, 0.3) is 0 Å². The Labute approximate surface area is 111 Å². The van der Waals surface area contributed by atoms with Crippen molar-refractivity contribution in [3.63, 3.8) is 0 Å². The summed E-state index contributed by atoms with van der Waals surface area (Å²) in [5.74, 6) is -0.218. The first-order valence-corrected chi connectivity index (χ1v) is 6.85. The minimum Gasteiger partial charge on any atom is -0.368 e. The molecule has 1 rings (SSSR count). The zero-order valence-corrected chi connectivity index (χ0v) is 12.7. The number of nitrogens with zero attached hydrogens (tertiary/aromatic N) is 1. The monoisotopic (exact) mass is 255 g/mol. The SMILES string of the molecule is CNC1(C(N)=O)CCC(N(C)C(C)C(C)(C)C)C1. The van der Waals surface area contributed by atoms with Crippen LogP contribution in [0.4, 0.5) is 0 Å². The van der Waals surface area contributed by atoms with Gasteiger partial charge in [-0.3, -0.25) is 4.79 Å². The maximum Gasteiger partial charge on any atom is 0.237 e. The third-order valence-electron chi connectivity index (χ3n) is 4.88. The number of carbonyl (C=O) groups is 1. The van der Waals surface area contributed by atoms with Crippen LogP contribution in [0.2, 0.25) is 0 Å². The summed E-state index contributed by atoms with van der Waals surface area (Å²) in [5.41, 5.74) is 5.29. The van der Waals surface area contributed by atoms with Crippen LogP contribution in [-0.4, -0.2) is 42.5 Å². The average Bonchev–Trinajstić information content (AvgIpc) is 2.71. The van der Waals surface area contributed by atoms with Gasteiger partial charge in [0.05, 0.1) is 5.54 Å². The molecule has 1 saturated carbocycles. The fourth-order valence-electron chi connectivity index (χ4n) is 2.87. The molecule has 0 spiro atoms. The summed E-state index contributed by atoms with van der Waals surface area (Å²) in [6.07, 6.45) is 2.68. The zero-order valence-electron chi connectivity index (χ0n) is 12.7. The molecule has 1 aliphatic rings. The second-order valence-electron chi connectivity index (χ2n) is 6.80. The lowest BCUT2D eigenvalue weighted by Gasteiger charge is -2.39. The lowest BCUT2D eigenvalue weighted by molar-refractivity contribution is -0.124. The molecule has 3 unspecified atom stereocenters. The fraction of sp³-hybridized carbons (Fsp3) is 0.929. The molecule has 106 valence electrons. The molecule has 1 amide bonds. The largest absolute Gasteiger partial charge is 0.368 e. The van der Waals surface area contributed by atoms with Crippen LogP contribution in [0.5, 0.6) is 0 Å². The second-order valence-corrected chi connectivity index (χ2v) is 6.80. The van der Waals surface area contributed by atoms with E-state index < -0.39 is 5.54 Å². The quantitative estimate of drug-likeness (QED) is 0.797. The Morgan fingerprint density at radius 2 is 2.06 bits per heavy atom. The van der Waals surface area contributed by atoms with Crippen molar-refractivity contribution in [1.29, 1.82) is 0 Å². The van der Waals surface area contributed by atoms with Crippen LogP contribution in [0.3, 0.4) is 0 Å². The Balaban J connectivity index is 2.75. The number of amides is 1. The van der Waals surface area contributed by atoms with Gasteiger partial charge in [0.15, 0.2) is 0 Å². The third-order valence-corrected chi connectivity index (χ3v) is 4.88. The molecule has 0 aliphatic heterocycles. The van der Waals surface area contributed by atoms with E-state index in [9.17, 15) is 4.79 Å². The Hall–Kier alpha value is -0.610. The molecule has 1 aliphatic carbocycles. The second kappa shape index (κ2) is 5.17. The first-order chi connectivity index (χ1) is 8.14. The van der Waals surface area contributed by atoms with Gasteiger partial charge in [-0.1, -0.05) is 20.8 Å². The van der Waals surface area contributed by atoms with E-state index in [4.69, 9.17) is 5.73 Å². The molecule has 0 aromatic heterocycles. The van der Waals surface area contributed by atoms with Crippen molar-refractivity contribution >= 4 is 5.91 Å². The summed E-state index contributed by atoms with van der Waals surface area (Å²) < 4.78 is 0. The first-order valence-electron chi connectivity index (χ1n) is 6.85. The molecular formula is C14H29N3O. The molecular weight excluding hydrogens is 226 g/mol. The standard InChI is InChI=1S/C14H29N3O/c1-10(13(2,3)4)17(6)11-7-8-14(9-11,16-5)12(15)18/h10-11,16H,7-9H2,1-6H3,(H2,15,18). The van der Waals surface area contributed by atoms with E-state index in [1.54, 1.807) is 0 Å².